The van der Waals surface area contributed by atoms with Gasteiger partial charge in [0.2, 0.25) is 5.91 Å². The molecule has 0 spiro atoms. The Balaban J connectivity index is 1.82. The van der Waals surface area contributed by atoms with E-state index in [1.165, 1.54) is 0 Å². The van der Waals surface area contributed by atoms with Crippen LogP contribution in [-0.2, 0) is 16.9 Å². The topological polar surface area (TPSA) is 54.0 Å². The molecule has 0 unspecified atom stereocenters. The first-order chi connectivity index (χ1) is 10.4. The van der Waals surface area contributed by atoms with Gasteiger partial charge in [-0.1, -0.05) is 23.7 Å². The van der Waals surface area contributed by atoms with E-state index < -0.39 is 0 Å². The standard InChI is InChI=1S/C16H20ClN3OS/c1-11-10-22-15(20-11)16(2,3)19-9-14(21)18-8-12-5-4-6-13(17)7-12/h4-7,10,19H,8-9H2,1-3H3,(H,18,21). The molecule has 1 aromatic carbocycles. The summed E-state index contributed by atoms with van der Waals surface area (Å²) in [5.74, 6) is -0.0543. The van der Waals surface area contributed by atoms with E-state index in [0.717, 1.165) is 16.3 Å². The van der Waals surface area contributed by atoms with Gasteiger partial charge >= 0.3 is 0 Å². The number of hydrogen-bond donors (Lipinski definition) is 2. The SMILES string of the molecule is Cc1csc(C(C)(C)NCC(=O)NCc2cccc(Cl)c2)n1. The lowest BCUT2D eigenvalue weighted by molar-refractivity contribution is -0.120. The summed E-state index contributed by atoms with van der Waals surface area (Å²) in [5, 5.41) is 9.79. The lowest BCUT2D eigenvalue weighted by Gasteiger charge is -2.23. The average molecular weight is 338 g/mol. The number of aryl methyl sites for hydroxylation is 1. The molecule has 6 heteroatoms. The Labute approximate surface area is 139 Å². The van der Waals surface area contributed by atoms with E-state index in [1.807, 2.05) is 50.4 Å². The number of halogens is 1. The summed E-state index contributed by atoms with van der Waals surface area (Å²) in [6, 6.07) is 7.46. The minimum atomic E-state index is -0.327. The van der Waals surface area contributed by atoms with Crippen molar-refractivity contribution in [2.45, 2.75) is 32.9 Å². The third-order valence-corrected chi connectivity index (χ3v) is 4.74. The Bertz CT molecular complexity index is 654. The first kappa shape index (κ1) is 16.9. The molecule has 1 heterocycles. The number of hydrogen-bond acceptors (Lipinski definition) is 4. The number of benzene rings is 1. The summed E-state index contributed by atoms with van der Waals surface area (Å²) < 4.78 is 0. The highest BCUT2D eigenvalue weighted by Gasteiger charge is 2.24. The largest absolute Gasteiger partial charge is 0.351 e. The van der Waals surface area contributed by atoms with Gasteiger partial charge in [0.15, 0.2) is 0 Å². The van der Waals surface area contributed by atoms with E-state index in [-0.39, 0.29) is 18.0 Å². The Morgan fingerprint density at radius 3 is 2.82 bits per heavy atom. The fraction of sp³-hybridized carbons (Fsp3) is 0.375. The third-order valence-electron chi connectivity index (χ3n) is 3.22. The molecule has 0 aliphatic rings. The van der Waals surface area contributed by atoms with Crippen LogP contribution in [0.2, 0.25) is 5.02 Å². The molecule has 2 aromatic rings. The fourth-order valence-corrected chi connectivity index (χ4v) is 3.04. The molecule has 0 atom stereocenters. The van der Waals surface area contributed by atoms with Gasteiger partial charge in [-0.2, -0.15) is 0 Å². The number of carbonyl (C=O) groups excluding carboxylic acids is 1. The smallest absolute Gasteiger partial charge is 0.234 e. The van der Waals surface area contributed by atoms with Crippen LogP contribution in [0, 0.1) is 6.92 Å². The summed E-state index contributed by atoms with van der Waals surface area (Å²) in [7, 11) is 0. The molecule has 0 aliphatic carbocycles. The molecule has 1 amide bonds. The summed E-state index contributed by atoms with van der Waals surface area (Å²) in [6.07, 6.45) is 0. The van der Waals surface area contributed by atoms with Crippen LogP contribution in [0.3, 0.4) is 0 Å². The zero-order chi connectivity index (χ0) is 16.2. The van der Waals surface area contributed by atoms with Crippen molar-refractivity contribution >= 4 is 28.8 Å². The predicted octanol–water partition coefficient (Wildman–Crippen LogP) is 3.25. The van der Waals surface area contributed by atoms with Crippen molar-refractivity contribution in [1.82, 2.24) is 15.6 Å². The van der Waals surface area contributed by atoms with Crippen LogP contribution in [0.25, 0.3) is 0 Å². The Kier molecular flexibility index (Phi) is 5.56. The van der Waals surface area contributed by atoms with E-state index in [4.69, 9.17) is 11.6 Å². The summed E-state index contributed by atoms with van der Waals surface area (Å²) in [6.45, 7) is 6.73. The van der Waals surface area contributed by atoms with Gasteiger partial charge in [-0.25, -0.2) is 4.98 Å². The summed E-state index contributed by atoms with van der Waals surface area (Å²) in [5.41, 5.74) is 1.66. The van der Waals surface area contributed by atoms with Crippen LogP contribution in [0.1, 0.15) is 30.1 Å². The highest BCUT2D eigenvalue weighted by Crippen LogP contribution is 2.23. The quantitative estimate of drug-likeness (QED) is 0.850. The van der Waals surface area contributed by atoms with Crippen molar-refractivity contribution in [2.24, 2.45) is 0 Å². The van der Waals surface area contributed by atoms with E-state index >= 15 is 0 Å². The van der Waals surface area contributed by atoms with Gasteiger partial charge in [-0.15, -0.1) is 11.3 Å². The number of thiazole rings is 1. The monoisotopic (exact) mass is 337 g/mol. The normalized spacial score (nSPS) is 11.5. The van der Waals surface area contributed by atoms with Crippen molar-refractivity contribution in [2.75, 3.05) is 6.54 Å². The van der Waals surface area contributed by atoms with E-state index in [9.17, 15) is 4.79 Å². The minimum absolute atomic E-state index is 0.0543. The van der Waals surface area contributed by atoms with Crippen LogP contribution in [-0.4, -0.2) is 17.4 Å². The van der Waals surface area contributed by atoms with Crippen molar-refractivity contribution in [3.63, 3.8) is 0 Å². The van der Waals surface area contributed by atoms with Gasteiger partial charge in [0.05, 0.1) is 12.1 Å². The molecule has 0 radical (unpaired) electrons. The number of amides is 1. The van der Waals surface area contributed by atoms with Gasteiger partial charge in [0.1, 0.15) is 5.01 Å². The van der Waals surface area contributed by atoms with Crippen LogP contribution in [0.5, 0.6) is 0 Å². The molecule has 0 fully saturated rings. The molecule has 0 saturated heterocycles. The minimum Gasteiger partial charge on any atom is -0.351 e. The van der Waals surface area contributed by atoms with Gasteiger partial charge in [0.25, 0.3) is 0 Å². The van der Waals surface area contributed by atoms with Crippen molar-refractivity contribution in [1.29, 1.82) is 0 Å². The van der Waals surface area contributed by atoms with Crippen LogP contribution in [0.4, 0.5) is 0 Å². The number of rotatable bonds is 6. The molecular weight excluding hydrogens is 318 g/mol. The second-order valence-electron chi connectivity index (χ2n) is 5.68. The summed E-state index contributed by atoms with van der Waals surface area (Å²) >= 11 is 7.52. The zero-order valence-electron chi connectivity index (χ0n) is 12.9. The van der Waals surface area contributed by atoms with Crippen LogP contribution in [0.15, 0.2) is 29.6 Å². The first-order valence-corrected chi connectivity index (χ1v) is 8.31. The molecule has 22 heavy (non-hydrogen) atoms. The molecule has 2 rings (SSSR count). The molecular formula is C16H20ClN3OS. The maximum Gasteiger partial charge on any atom is 0.234 e. The second kappa shape index (κ2) is 7.22. The Morgan fingerprint density at radius 1 is 1.41 bits per heavy atom. The number of nitrogens with zero attached hydrogens (tertiary/aromatic N) is 1. The van der Waals surface area contributed by atoms with Crippen molar-refractivity contribution < 1.29 is 4.79 Å². The van der Waals surface area contributed by atoms with Crippen LogP contribution >= 0.6 is 22.9 Å². The number of nitrogens with one attached hydrogen (secondary N) is 2. The van der Waals surface area contributed by atoms with Crippen molar-refractivity contribution in [3.8, 4) is 0 Å². The Hall–Kier alpha value is -1.43. The first-order valence-electron chi connectivity index (χ1n) is 7.05. The van der Waals surface area contributed by atoms with Gasteiger partial charge in [0, 0.05) is 22.6 Å². The van der Waals surface area contributed by atoms with Crippen LogP contribution < -0.4 is 10.6 Å². The predicted molar refractivity (Wildman–Crippen MR) is 91.2 cm³/mol. The number of aromatic nitrogens is 1. The lowest BCUT2D eigenvalue weighted by atomic mass is 10.1. The molecule has 118 valence electrons. The highest BCUT2D eigenvalue weighted by molar-refractivity contribution is 7.09. The van der Waals surface area contributed by atoms with E-state index in [2.05, 4.69) is 15.6 Å². The molecule has 1 aromatic heterocycles. The average Bonchev–Trinajstić information content (AvgIpc) is 2.91. The van der Waals surface area contributed by atoms with Crippen molar-refractivity contribution in [3.05, 3.63) is 50.9 Å². The van der Waals surface area contributed by atoms with Gasteiger partial charge in [-0.05, 0) is 38.5 Å². The second-order valence-corrected chi connectivity index (χ2v) is 6.97. The summed E-state index contributed by atoms with van der Waals surface area (Å²) in [4.78, 5) is 16.4. The zero-order valence-corrected chi connectivity index (χ0v) is 14.5. The highest BCUT2D eigenvalue weighted by atomic mass is 35.5. The molecule has 0 aliphatic heterocycles. The third kappa shape index (κ3) is 4.80. The fourth-order valence-electron chi connectivity index (χ4n) is 1.93. The van der Waals surface area contributed by atoms with E-state index in [1.54, 1.807) is 11.3 Å². The molecule has 2 N–H and O–H groups in total. The number of carbonyl (C=O) groups is 1. The van der Waals surface area contributed by atoms with Gasteiger partial charge < -0.3 is 5.32 Å². The maximum atomic E-state index is 12.0. The Morgan fingerprint density at radius 2 is 2.18 bits per heavy atom. The van der Waals surface area contributed by atoms with Gasteiger partial charge in [-0.3, -0.25) is 10.1 Å². The molecule has 0 saturated carbocycles. The molecule has 0 bridgehead atoms. The molecule has 4 nitrogen and oxygen atoms in total. The van der Waals surface area contributed by atoms with E-state index in [0.29, 0.717) is 11.6 Å². The maximum absolute atomic E-state index is 12.0. The lowest BCUT2D eigenvalue weighted by Crippen LogP contribution is -2.43.